The summed E-state index contributed by atoms with van der Waals surface area (Å²) in [4.78, 5) is 33.4. The summed E-state index contributed by atoms with van der Waals surface area (Å²) in [6.07, 6.45) is 1.01. The van der Waals surface area contributed by atoms with Crippen molar-refractivity contribution in [2.24, 2.45) is 12.5 Å². The summed E-state index contributed by atoms with van der Waals surface area (Å²) in [5.41, 5.74) is -0.120. The number of hydrogen-bond acceptors (Lipinski definition) is 6. The maximum atomic E-state index is 12.2. The quantitative estimate of drug-likeness (QED) is 0.574. The van der Waals surface area contributed by atoms with Crippen LogP contribution < -0.4 is 5.56 Å². The summed E-state index contributed by atoms with van der Waals surface area (Å²) in [6.45, 7) is 0.976. The van der Waals surface area contributed by atoms with Crippen molar-refractivity contribution in [3.05, 3.63) is 58.3 Å². The standard InChI is InChI=1S/C20H23N5O4/c1-24-17-14(10-21-24)18(27)23-16(22-17)12-25-8-7-20(19(28)29,15(26)11-25)9-13-5-3-2-4-6-13/h2-6,10,15,26H,7-9,11-12H2,1H3,(H,28,29)(H,22,23,27)/t15-,20-/m1/s1. The first-order chi connectivity index (χ1) is 13.9. The fourth-order valence-corrected chi connectivity index (χ4v) is 4.03. The number of piperidine rings is 1. The van der Waals surface area contributed by atoms with Crippen LogP contribution >= 0.6 is 0 Å². The van der Waals surface area contributed by atoms with Crippen molar-refractivity contribution in [3.63, 3.8) is 0 Å². The highest BCUT2D eigenvalue weighted by molar-refractivity contribution is 5.76. The van der Waals surface area contributed by atoms with Gasteiger partial charge in [0, 0.05) is 13.6 Å². The molecule has 1 aliphatic heterocycles. The van der Waals surface area contributed by atoms with Gasteiger partial charge < -0.3 is 15.2 Å². The summed E-state index contributed by atoms with van der Waals surface area (Å²) < 4.78 is 1.54. The van der Waals surface area contributed by atoms with Gasteiger partial charge in [-0.3, -0.25) is 19.2 Å². The number of aryl methyl sites for hydroxylation is 1. The van der Waals surface area contributed by atoms with Gasteiger partial charge in [-0.05, 0) is 24.9 Å². The van der Waals surface area contributed by atoms with E-state index < -0.39 is 17.5 Å². The largest absolute Gasteiger partial charge is 0.481 e. The molecule has 0 spiro atoms. The Balaban J connectivity index is 1.53. The molecule has 4 rings (SSSR count). The lowest BCUT2D eigenvalue weighted by atomic mass is 9.71. The minimum Gasteiger partial charge on any atom is -0.481 e. The van der Waals surface area contributed by atoms with Crippen LogP contribution in [-0.2, 0) is 24.8 Å². The Morgan fingerprint density at radius 1 is 1.34 bits per heavy atom. The van der Waals surface area contributed by atoms with E-state index in [1.54, 1.807) is 7.05 Å². The number of carboxylic acids is 1. The van der Waals surface area contributed by atoms with Crippen LogP contribution in [0, 0.1) is 5.41 Å². The molecule has 152 valence electrons. The van der Waals surface area contributed by atoms with E-state index in [-0.39, 0.29) is 18.5 Å². The summed E-state index contributed by atoms with van der Waals surface area (Å²) >= 11 is 0. The van der Waals surface area contributed by atoms with E-state index in [0.717, 1.165) is 5.56 Å². The predicted octanol–water partition coefficient (Wildman–Crippen LogP) is 0.537. The van der Waals surface area contributed by atoms with Gasteiger partial charge in [0.05, 0.1) is 18.8 Å². The Bertz CT molecular complexity index is 1090. The molecule has 9 heteroatoms. The molecular weight excluding hydrogens is 374 g/mol. The number of carbonyl (C=O) groups is 1. The molecule has 9 nitrogen and oxygen atoms in total. The highest BCUT2D eigenvalue weighted by Crippen LogP contribution is 2.36. The summed E-state index contributed by atoms with van der Waals surface area (Å²) in [5, 5.41) is 25.2. The minimum atomic E-state index is -1.23. The highest BCUT2D eigenvalue weighted by Gasteiger charge is 2.48. The number of hydrogen-bond donors (Lipinski definition) is 3. The molecule has 2 atom stereocenters. The number of aliphatic hydroxyl groups excluding tert-OH is 1. The summed E-state index contributed by atoms with van der Waals surface area (Å²) in [6, 6.07) is 9.36. The fraction of sp³-hybridized carbons (Fsp3) is 0.400. The molecular formula is C20H23N5O4. The third kappa shape index (κ3) is 3.54. The molecule has 0 aliphatic carbocycles. The van der Waals surface area contributed by atoms with Crippen molar-refractivity contribution in [1.82, 2.24) is 24.6 Å². The Morgan fingerprint density at radius 2 is 2.10 bits per heavy atom. The van der Waals surface area contributed by atoms with E-state index in [4.69, 9.17) is 0 Å². The molecule has 0 saturated carbocycles. The van der Waals surface area contributed by atoms with Crippen LogP contribution in [0.5, 0.6) is 0 Å². The lowest BCUT2D eigenvalue weighted by Gasteiger charge is -2.42. The molecule has 29 heavy (non-hydrogen) atoms. The number of aliphatic carboxylic acids is 1. The van der Waals surface area contributed by atoms with Gasteiger partial charge in [0.25, 0.3) is 5.56 Å². The predicted molar refractivity (Wildman–Crippen MR) is 105 cm³/mol. The first-order valence-electron chi connectivity index (χ1n) is 9.48. The van der Waals surface area contributed by atoms with Crippen molar-refractivity contribution < 1.29 is 15.0 Å². The van der Waals surface area contributed by atoms with Crippen molar-refractivity contribution in [1.29, 1.82) is 0 Å². The number of nitrogens with zero attached hydrogens (tertiary/aromatic N) is 4. The Morgan fingerprint density at radius 3 is 2.79 bits per heavy atom. The number of likely N-dealkylation sites (tertiary alicyclic amines) is 1. The number of rotatable bonds is 5. The number of benzene rings is 1. The zero-order chi connectivity index (χ0) is 20.6. The van der Waals surface area contributed by atoms with E-state index >= 15 is 0 Å². The number of aromatic nitrogens is 4. The lowest BCUT2D eigenvalue weighted by Crippen LogP contribution is -2.55. The second-order valence-electron chi connectivity index (χ2n) is 7.64. The van der Waals surface area contributed by atoms with Crippen LogP contribution in [0.25, 0.3) is 11.0 Å². The van der Waals surface area contributed by atoms with Gasteiger partial charge in [-0.15, -0.1) is 0 Å². The zero-order valence-corrected chi connectivity index (χ0v) is 16.1. The van der Waals surface area contributed by atoms with E-state index in [0.29, 0.717) is 36.4 Å². The molecule has 1 saturated heterocycles. The van der Waals surface area contributed by atoms with E-state index in [1.165, 1.54) is 10.9 Å². The van der Waals surface area contributed by atoms with Crippen molar-refractivity contribution in [2.75, 3.05) is 13.1 Å². The molecule has 3 aromatic rings. The van der Waals surface area contributed by atoms with Crippen molar-refractivity contribution in [3.8, 4) is 0 Å². The third-order valence-electron chi connectivity index (χ3n) is 5.76. The van der Waals surface area contributed by atoms with E-state index in [9.17, 15) is 19.8 Å². The first-order valence-corrected chi connectivity index (χ1v) is 9.48. The molecule has 1 aromatic carbocycles. The molecule has 0 bridgehead atoms. The van der Waals surface area contributed by atoms with Crippen molar-refractivity contribution in [2.45, 2.75) is 25.5 Å². The molecule has 0 radical (unpaired) electrons. The number of nitrogens with one attached hydrogen (secondary N) is 1. The molecule has 0 amide bonds. The van der Waals surface area contributed by atoms with Gasteiger partial charge >= 0.3 is 5.97 Å². The van der Waals surface area contributed by atoms with Crippen LogP contribution in [-0.4, -0.2) is 60.0 Å². The van der Waals surface area contributed by atoms with Gasteiger partial charge in [-0.1, -0.05) is 30.3 Å². The maximum Gasteiger partial charge on any atom is 0.312 e. The minimum absolute atomic E-state index is 0.187. The highest BCUT2D eigenvalue weighted by atomic mass is 16.4. The fourth-order valence-electron chi connectivity index (χ4n) is 4.03. The van der Waals surface area contributed by atoms with Crippen LogP contribution in [0.2, 0.25) is 0 Å². The molecule has 3 N–H and O–H groups in total. The molecule has 3 heterocycles. The van der Waals surface area contributed by atoms with Crippen LogP contribution in [0.3, 0.4) is 0 Å². The topological polar surface area (TPSA) is 124 Å². The number of aromatic amines is 1. The Hall–Kier alpha value is -3.04. The number of aliphatic hydroxyl groups is 1. The monoisotopic (exact) mass is 397 g/mol. The number of fused-ring (bicyclic) bond motifs is 1. The average molecular weight is 397 g/mol. The van der Waals surface area contributed by atoms with Gasteiger partial charge in [-0.25, -0.2) is 4.98 Å². The second-order valence-corrected chi connectivity index (χ2v) is 7.64. The Labute approximate surface area is 166 Å². The maximum absolute atomic E-state index is 12.2. The first kappa shape index (κ1) is 19.3. The molecule has 1 aliphatic rings. The van der Waals surface area contributed by atoms with Gasteiger partial charge in [0.15, 0.2) is 5.65 Å². The second kappa shape index (κ2) is 7.41. The number of carboxylic acid groups (broad SMARTS) is 1. The van der Waals surface area contributed by atoms with Crippen LogP contribution in [0.1, 0.15) is 17.8 Å². The summed E-state index contributed by atoms with van der Waals surface area (Å²) in [5.74, 6) is -0.527. The van der Waals surface area contributed by atoms with Gasteiger partial charge in [-0.2, -0.15) is 5.10 Å². The van der Waals surface area contributed by atoms with Gasteiger partial charge in [0.1, 0.15) is 16.6 Å². The number of β-amino-alcohol motifs (C(OH)–C–C–N with tert-alkyl or cyclic N) is 1. The molecule has 2 aromatic heterocycles. The average Bonchev–Trinajstić information content (AvgIpc) is 3.06. The van der Waals surface area contributed by atoms with Crippen LogP contribution in [0.15, 0.2) is 41.3 Å². The lowest BCUT2D eigenvalue weighted by molar-refractivity contribution is -0.163. The smallest absolute Gasteiger partial charge is 0.312 e. The normalized spacial score (nSPS) is 22.8. The summed E-state index contributed by atoms with van der Waals surface area (Å²) in [7, 11) is 1.72. The SMILES string of the molecule is Cn1ncc2c(=O)[nH]c(CN3CC[C@](Cc4ccccc4)(C(=O)O)[C@H](O)C3)nc21. The Kier molecular flexibility index (Phi) is 4.93. The number of H-pyrrole nitrogens is 1. The van der Waals surface area contributed by atoms with E-state index in [1.807, 2.05) is 35.2 Å². The molecule has 1 fully saturated rings. The van der Waals surface area contributed by atoms with Crippen LogP contribution in [0.4, 0.5) is 0 Å². The third-order valence-corrected chi connectivity index (χ3v) is 5.76. The zero-order valence-electron chi connectivity index (χ0n) is 16.1. The van der Waals surface area contributed by atoms with Crippen molar-refractivity contribution >= 4 is 17.0 Å². The van der Waals surface area contributed by atoms with Gasteiger partial charge in [0.2, 0.25) is 0 Å². The molecule has 0 unspecified atom stereocenters. The van der Waals surface area contributed by atoms with E-state index in [2.05, 4.69) is 15.1 Å².